The summed E-state index contributed by atoms with van der Waals surface area (Å²) in [6.45, 7) is 14.8. The van der Waals surface area contributed by atoms with Crippen LogP contribution in [0.15, 0.2) is 0 Å². The molecule has 80 valence electrons. The van der Waals surface area contributed by atoms with Crippen LogP contribution in [0.4, 0.5) is 0 Å². The number of hydrogen-bond acceptors (Lipinski definition) is 1. The van der Waals surface area contributed by atoms with Crippen molar-refractivity contribution in [3.8, 4) is 0 Å². The molecule has 0 rings (SSSR count). The monoisotopic (exact) mass is 185 g/mol. The molecule has 0 aliphatic carbocycles. The first-order valence-corrected chi connectivity index (χ1v) is 5.54. The standard InChI is InChI=1S/C12H27N/c1-10(2)7-8-11(3)13-9-12(4,5)6/h10-11,13H,7-9H2,1-6H3. The Balaban J connectivity index is 3.46. The third-order valence-electron chi connectivity index (χ3n) is 2.16. The molecule has 1 nitrogen and oxygen atoms in total. The fourth-order valence-electron chi connectivity index (χ4n) is 1.17. The van der Waals surface area contributed by atoms with Crippen LogP contribution in [0.2, 0.25) is 0 Å². The zero-order valence-corrected chi connectivity index (χ0v) is 10.3. The van der Waals surface area contributed by atoms with Gasteiger partial charge in [0.05, 0.1) is 0 Å². The first kappa shape index (κ1) is 13.0. The number of rotatable bonds is 5. The Morgan fingerprint density at radius 2 is 1.54 bits per heavy atom. The van der Waals surface area contributed by atoms with E-state index in [1.54, 1.807) is 0 Å². The van der Waals surface area contributed by atoms with Gasteiger partial charge >= 0.3 is 0 Å². The third-order valence-corrected chi connectivity index (χ3v) is 2.16. The van der Waals surface area contributed by atoms with Gasteiger partial charge in [0.1, 0.15) is 0 Å². The van der Waals surface area contributed by atoms with Gasteiger partial charge in [-0.1, -0.05) is 34.6 Å². The summed E-state index contributed by atoms with van der Waals surface area (Å²) in [4.78, 5) is 0. The molecule has 0 saturated heterocycles. The Bertz CT molecular complexity index is 122. The molecule has 1 atom stereocenters. The van der Waals surface area contributed by atoms with E-state index < -0.39 is 0 Å². The molecule has 0 bridgehead atoms. The molecule has 0 aromatic rings. The minimum absolute atomic E-state index is 0.409. The SMILES string of the molecule is CC(C)CCC(C)NCC(C)(C)C. The van der Waals surface area contributed by atoms with Crippen molar-refractivity contribution in [2.75, 3.05) is 6.54 Å². The summed E-state index contributed by atoms with van der Waals surface area (Å²) in [5, 5.41) is 3.58. The Labute approximate surface area is 84.3 Å². The topological polar surface area (TPSA) is 12.0 Å². The highest BCUT2D eigenvalue weighted by Crippen LogP contribution is 2.12. The van der Waals surface area contributed by atoms with Gasteiger partial charge in [-0.2, -0.15) is 0 Å². The molecule has 0 spiro atoms. The van der Waals surface area contributed by atoms with Crippen LogP contribution in [-0.4, -0.2) is 12.6 Å². The van der Waals surface area contributed by atoms with Gasteiger partial charge in [-0.3, -0.25) is 0 Å². The summed E-state index contributed by atoms with van der Waals surface area (Å²) in [6, 6.07) is 0.668. The van der Waals surface area contributed by atoms with Gasteiger partial charge in [-0.05, 0) is 31.1 Å². The van der Waals surface area contributed by atoms with Crippen molar-refractivity contribution >= 4 is 0 Å². The summed E-state index contributed by atoms with van der Waals surface area (Å²) in [5.74, 6) is 0.832. The van der Waals surface area contributed by atoms with Gasteiger partial charge in [0.25, 0.3) is 0 Å². The summed E-state index contributed by atoms with van der Waals surface area (Å²) >= 11 is 0. The summed E-state index contributed by atoms with van der Waals surface area (Å²) in [7, 11) is 0. The highest BCUT2D eigenvalue weighted by molar-refractivity contribution is 4.69. The number of nitrogens with one attached hydrogen (secondary N) is 1. The molecule has 1 heteroatoms. The van der Waals surface area contributed by atoms with Gasteiger partial charge in [0, 0.05) is 12.6 Å². The fraction of sp³-hybridized carbons (Fsp3) is 1.00. The van der Waals surface area contributed by atoms with Crippen LogP contribution in [0, 0.1) is 11.3 Å². The maximum atomic E-state index is 3.58. The molecule has 0 heterocycles. The second-order valence-electron chi connectivity index (χ2n) is 5.81. The van der Waals surface area contributed by atoms with E-state index in [0.29, 0.717) is 11.5 Å². The molecule has 1 unspecified atom stereocenters. The molecular formula is C12H27N. The number of hydrogen-bond donors (Lipinski definition) is 1. The highest BCUT2D eigenvalue weighted by atomic mass is 14.9. The van der Waals surface area contributed by atoms with Crippen molar-refractivity contribution < 1.29 is 0 Å². The first-order chi connectivity index (χ1) is 5.81. The van der Waals surface area contributed by atoms with E-state index >= 15 is 0 Å². The van der Waals surface area contributed by atoms with E-state index in [1.807, 2.05) is 0 Å². The molecule has 0 aliphatic rings. The Morgan fingerprint density at radius 3 is 1.92 bits per heavy atom. The Kier molecular flexibility index (Phi) is 5.62. The summed E-state index contributed by atoms with van der Waals surface area (Å²) < 4.78 is 0. The van der Waals surface area contributed by atoms with Crippen molar-refractivity contribution in [2.45, 2.75) is 60.4 Å². The van der Waals surface area contributed by atoms with Crippen LogP contribution >= 0.6 is 0 Å². The molecule has 0 radical (unpaired) electrons. The first-order valence-electron chi connectivity index (χ1n) is 5.54. The molecule has 0 aromatic carbocycles. The quantitative estimate of drug-likeness (QED) is 0.692. The average molecular weight is 185 g/mol. The van der Waals surface area contributed by atoms with E-state index in [1.165, 1.54) is 12.8 Å². The largest absolute Gasteiger partial charge is 0.314 e. The Hall–Kier alpha value is -0.0400. The maximum Gasteiger partial charge on any atom is 0.00390 e. The second kappa shape index (κ2) is 5.64. The molecule has 13 heavy (non-hydrogen) atoms. The molecule has 0 aliphatic heterocycles. The van der Waals surface area contributed by atoms with Crippen molar-refractivity contribution in [3.05, 3.63) is 0 Å². The molecule has 1 N–H and O–H groups in total. The highest BCUT2D eigenvalue weighted by Gasteiger charge is 2.11. The van der Waals surface area contributed by atoms with Crippen LogP contribution < -0.4 is 5.32 Å². The van der Waals surface area contributed by atoms with E-state index in [0.717, 1.165) is 12.5 Å². The van der Waals surface area contributed by atoms with Crippen molar-refractivity contribution in [2.24, 2.45) is 11.3 Å². The van der Waals surface area contributed by atoms with Crippen LogP contribution in [0.5, 0.6) is 0 Å². The van der Waals surface area contributed by atoms with Crippen LogP contribution in [0.25, 0.3) is 0 Å². The lowest BCUT2D eigenvalue weighted by molar-refractivity contribution is 0.342. The minimum Gasteiger partial charge on any atom is -0.314 e. The molecule has 0 saturated carbocycles. The summed E-state index contributed by atoms with van der Waals surface area (Å²) in [5.41, 5.74) is 0.409. The fourth-order valence-corrected chi connectivity index (χ4v) is 1.17. The summed E-state index contributed by atoms with van der Waals surface area (Å²) in [6.07, 6.45) is 2.63. The third kappa shape index (κ3) is 9.88. The predicted molar refractivity (Wildman–Crippen MR) is 61.0 cm³/mol. The van der Waals surface area contributed by atoms with Gasteiger partial charge in [0.2, 0.25) is 0 Å². The van der Waals surface area contributed by atoms with Crippen LogP contribution in [-0.2, 0) is 0 Å². The van der Waals surface area contributed by atoms with Gasteiger partial charge in [0.15, 0.2) is 0 Å². The normalized spacial score (nSPS) is 15.0. The minimum atomic E-state index is 0.409. The molecule has 0 aromatic heterocycles. The van der Waals surface area contributed by atoms with E-state index in [9.17, 15) is 0 Å². The zero-order valence-electron chi connectivity index (χ0n) is 10.3. The lowest BCUT2D eigenvalue weighted by atomic mass is 9.96. The second-order valence-corrected chi connectivity index (χ2v) is 5.81. The van der Waals surface area contributed by atoms with Crippen molar-refractivity contribution in [1.82, 2.24) is 5.32 Å². The molecule has 0 amide bonds. The van der Waals surface area contributed by atoms with Gasteiger partial charge in [-0.25, -0.2) is 0 Å². The van der Waals surface area contributed by atoms with Crippen molar-refractivity contribution in [1.29, 1.82) is 0 Å². The van der Waals surface area contributed by atoms with Crippen LogP contribution in [0.1, 0.15) is 54.4 Å². The lowest BCUT2D eigenvalue weighted by Crippen LogP contribution is -2.34. The van der Waals surface area contributed by atoms with E-state index in [-0.39, 0.29) is 0 Å². The molecular weight excluding hydrogens is 158 g/mol. The van der Waals surface area contributed by atoms with Gasteiger partial charge < -0.3 is 5.32 Å². The lowest BCUT2D eigenvalue weighted by Gasteiger charge is -2.23. The van der Waals surface area contributed by atoms with Crippen LogP contribution in [0.3, 0.4) is 0 Å². The van der Waals surface area contributed by atoms with Crippen molar-refractivity contribution in [3.63, 3.8) is 0 Å². The maximum absolute atomic E-state index is 3.58. The van der Waals surface area contributed by atoms with Gasteiger partial charge in [-0.15, -0.1) is 0 Å². The zero-order chi connectivity index (χ0) is 10.5. The van der Waals surface area contributed by atoms with E-state index in [4.69, 9.17) is 0 Å². The smallest absolute Gasteiger partial charge is 0.00390 e. The van der Waals surface area contributed by atoms with E-state index in [2.05, 4.69) is 46.9 Å². The average Bonchev–Trinajstić information content (AvgIpc) is 1.95. The predicted octanol–water partition coefficient (Wildman–Crippen LogP) is 3.45. The Morgan fingerprint density at radius 1 is 1.00 bits per heavy atom. The molecule has 0 fully saturated rings.